The molecule has 2 aromatic heterocycles. The van der Waals surface area contributed by atoms with Gasteiger partial charge >= 0.3 is 17.9 Å². The van der Waals surface area contributed by atoms with Crippen molar-refractivity contribution in [3.8, 4) is 12.3 Å². The van der Waals surface area contributed by atoms with Gasteiger partial charge in [-0.15, -0.1) is 6.42 Å². The van der Waals surface area contributed by atoms with Crippen LogP contribution in [0.4, 0.5) is 5.95 Å². The number of carbonyl (C=O) groups is 3. The highest BCUT2D eigenvalue weighted by molar-refractivity contribution is 6.33. The second-order valence-electron chi connectivity index (χ2n) is 10.1. The number of anilines is 1. The van der Waals surface area contributed by atoms with Gasteiger partial charge in [-0.05, 0) is 42.3 Å². The Balaban J connectivity index is 1.46. The highest BCUT2D eigenvalue weighted by Crippen LogP contribution is 2.45. The number of ether oxygens (including phenoxy) is 4. The molecule has 0 radical (unpaired) electrons. The summed E-state index contributed by atoms with van der Waals surface area (Å²) in [5.41, 5.74) is 4.58. The SMILES string of the molecule is C#C[C@]1(OC(=O)c2ccccc2)C(n2cnc3c(Cl)nc(N)nc32)O[C@H](COC(=O)c2ccccc2)[C@H]1OC(=O)c1ccccc1. The van der Waals surface area contributed by atoms with Gasteiger partial charge in [-0.2, -0.15) is 9.97 Å². The molecule has 0 aliphatic carbocycles. The van der Waals surface area contributed by atoms with Gasteiger partial charge < -0.3 is 24.7 Å². The Morgan fingerprint density at radius 1 is 0.891 bits per heavy atom. The molecule has 1 saturated heterocycles. The molecule has 0 bridgehead atoms. The van der Waals surface area contributed by atoms with E-state index in [1.54, 1.807) is 78.9 Å². The van der Waals surface area contributed by atoms with Crippen LogP contribution in [0.25, 0.3) is 11.2 Å². The van der Waals surface area contributed by atoms with Gasteiger partial charge in [0.15, 0.2) is 23.1 Å². The third-order valence-electron chi connectivity index (χ3n) is 7.21. The molecule has 0 spiro atoms. The minimum Gasteiger partial charge on any atom is -0.459 e. The molecular weight excluding hydrogens is 614 g/mol. The average Bonchev–Trinajstić information content (AvgIpc) is 3.63. The molecule has 1 aliphatic rings. The monoisotopic (exact) mass is 637 g/mol. The molecule has 1 fully saturated rings. The highest BCUT2D eigenvalue weighted by Gasteiger charge is 2.63. The zero-order valence-electron chi connectivity index (χ0n) is 23.9. The van der Waals surface area contributed by atoms with E-state index in [1.807, 2.05) is 0 Å². The Morgan fingerprint density at radius 2 is 1.46 bits per heavy atom. The number of hydrogen-bond acceptors (Lipinski definition) is 11. The summed E-state index contributed by atoms with van der Waals surface area (Å²) in [6, 6.07) is 24.4. The zero-order chi connectivity index (χ0) is 32.3. The Bertz CT molecular complexity index is 1950. The molecule has 1 unspecified atom stereocenters. The predicted octanol–water partition coefficient (Wildman–Crippen LogP) is 4.27. The van der Waals surface area contributed by atoms with E-state index < -0.39 is 48.6 Å². The second kappa shape index (κ2) is 12.7. The van der Waals surface area contributed by atoms with E-state index >= 15 is 0 Å². The first-order chi connectivity index (χ1) is 22.3. The van der Waals surface area contributed by atoms with E-state index in [2.05, 4.69) is 20.9 Å². The molecule has 230 valence electrons. The largest absolute Gasteiger partial charge is 0.459 e. The maximum absolute atomic E-state index is 13.6. The lowest BCUT2D eigenvalue weighted by atomic mass is 9.93. The molecule has 0 amide bonds. The smallest absolute Gasteiger partial charge is 0.339 e. The lowest BCUT2D eigenvalue weighted by Crippen LogP contribution is -2.51. The van der Waals surface area contributed by atoms with Gasteiger partial charge in [0.2, 0.25) is 5.95 Å². The van der Waals surface area contributed by atoms with Crippen LogP contribution in [0.2, 0.25) is 5.15 Å². The van der Waals surface area contributed by atoms with Crippen molar-refractivity contribution in [2.24, 2.45) is 0 Å². The van der Waals surface area contributed by atoms with Gasteiger partial charge in [0.25, 0.3) is 5.60 Å². The lowest BCUT2D eigenvalue weighted by molar-refractivity contribution is -0.0865. The number of carbonyl (C=O) groups excluding carboxylic acids is 3. The number of halogens is 1. The van der Waals surface area contributed by atoms with E-state index in [1.165, 1.54) is 23.0 Å². The number of benzene rings is 3. The molecule has 4 atom stereocenters. The van der Waals surface area contributed by atoms with Gasteiger partial charge in [-0.3, -0.25) is 4.57 Å². The molecule has 2 N–H and O–H groups in total. The summed E-state index contributed by atoms with van der Waals surface area (Å²) in [7, 11) is 0. The molecule has 5 aromatic rings. The van der Waals surface area contributed by atoms with Crippen LogP contribution in [0.15, 0.2) is 97.3 Å². The van der Waals surface area contributed by atoms with Crippen molar-refractivity contribution >= 4 is 46.6 Å². The normalized spacial score (nSPS) is 20.5. The maximum Gasteiger partial charge on any atom is 0.339 e. The second-order valence-corrected chi connectivity index (χ2v) is 10.4. The van der Waals surface area contributed by atoms with E-state index in [-0.39, 0.29) is 39.0 Å². The average molecular weight is 638 g/mol. The van der Waals surface area contributed by atoms with Crippen LogP contribution >= 0.6 is 11.6 Å². The van der Waals surface area contributed by atoms with Crippen LogP contribution in [-0.4, -0.2) is 61.8 Å². The van der Waals surface area contributed by atoms with E-state index in [4.69, 9.17) is 42.7 Å². The van der Waals surface area contributed by atoms with E-state index in [0.29, 0.717) is 0 Å². The van der Waals surface area contributed by atoms with Crippen LogP contribution in [0.1, 0.15) is 37.3 Å². The Morgan fingerprint density at radius 3 is 2.04 bits per heavy atom. The first-order valence-corrected chi connectivity index (χ1v) is 14.2. The molecule has 46 heavy (non-hydrogen) atoms. The predicted molar refractivity (Wildman–Crippen MR) is 164 cm³/mol. The summed E-state index contributed by atoms with van der Waals surface area (Å²) in [6.45, 7) is -0.451. The van der Waals surface area contributed by atoms with Crippen molar-refractivity contribution in [2.75, 3.05) is 12.3 Å². The van der Waals surface area contributed by atoms with Crippen molar-refractivity contribution in [1.82, 2.24) is 19.5 Å². The number of nitrogen functional groups attached to an aromatic ring is 1. The summed E-state index contributed by atoms with van der Waals surface area (Å²) < 4.78 is 25.4. The van der Waals surface area contributed by atoms with Crippen LogP contribution in [0.5, 0.6) is 0 Å². The van der Waals surface area contributed by atoms with Crippen LogP contribution in [0.3, 0.4) is 0 Å². The van der Waals surface area contributed by atoms with Crippen molar-refractivity contribution in [1.29, 1.82) is 0 Å². The number of hydrogen-bond donors (Lipinski definition) is 1. The van der Waals surface area contributed by atoms with E-state index in [0.717, 1.165) is 0 Å². The van der Waals surface area contributed by atoms with Gasteiger partial charge in [0.05, 0.1) is 23.0 Å². The van der Waals surface area contributed by atoms with Crippen molar-refractivity contribution < 1.29 is 33.3 Å². The quantitative estimate of drug-likeness (QED) is 0.112. The lowest BCUT2D eigenvalue weighted by Gasteiger charge is -2.33. The van der Waals surface area contributed by atoms with Gasteiger partial charge in [0, 0.05) is 0 Å². The maximum atomic E-state index is 13.6. The number of fused-ring (bicyclic) bond motifs is 1. The number of nitrogens with zero attached hydrogens (tertiary/aromatic N) is 4. The van der Waals surface area contributed by atoms with Crippen molar-refractivity contribution in [3.05, 3.63) is 119 Å². The van der Waals surface area contributed by atoms with Gasteiger partial charge in [0.1, 0.15) is 18.2 Å². The third kappa shape index (κ3) is 5.72. The summed E-state index contributed by atoms with van der Waals surface area (Å²) in [4.78, 5) is 52.5. The Hall–Kier alpha value is -5.77. The first kappa shape index (κ1) is 30.3. The fourth-order valence-corrected chi connectivity index (χ4v) is 5.26. The highest BCUT2D eigenvalue weighted by atomic mass is 35.5. The van der Waals surface area contributed by atoms with E-state index in [9.17, 15) is 14.4 Å². The number of esters is 3. The minimum absolute atomic E-state index is 0.0489. The summed E-state index contributed by atoms with van der Waals surface area (Å²) in [5, 5.41) is -0.0489. The zero-order valence-corrected chi connectivity index (χ0v) is 24.6. The molecule has 1 aliphatic heterocycles. The van der Waals surface area contributed by atoms with Crippen molar-refractivity contribution in [3.63, 3.8) is 0 Å². The number of terminal acetylenes is 1. The molecule has 12 nitrogen and oxygen atoms in total. The summed E-state index contributed by atoms with van der Waals surface area (Å²) in [6.07, 6.45) is 3.28. The number of imidazole rings is 1. The molecule has 3 aromatic carbocycles. The fourth-order valence-electron chi connectivity index (χ4n) is 5.04. The van der Waals surface area contributed by atoms with Crippen LogP contribution in [0, 0.1) is 12.3 Å². The minimum atomic E-state index is -2.17. The third-order valence-corrected chi connectivity index (χ3v) is 7.47. The fraction of sp³-hybridized carbons (Fsp3) is 0.152. The van der Waals surface area contributed by atoms with Gasteiger partial charge in [-0.1, -0.05) is 66.2 Å². The standard InChI is InChI=1S/C33H24ClN5O7/c1-2-33(46-30(42)22-16-10-5-11-17-22)25(45-29(41)21-14-8-4-9-15-21)23(18-43-28(40)20-12-6-3-7-13-20)44-31(33)39-19-36-24-26(34)37-32(35)38-27(24)39/h1,3-17,19,23,25,31H,18H2,(H2,35,37,38)/t23-,25-,31?,33-/m1/s1. The number of rotatable bonds is 8. The molecular formula is C33H24ClN5O7. The van der Waals surface area contributed by atoms with Crippen molar-refractivity contribution in [2.45, 2.75) is 24.0 Å². The molecule has 0 saturated carbocycles. The number of aromatic nitrogens is 4. The molecule has 13 heteroatoms. The number of nitrogens with two attached hydrogens (primary N) is 1. The summed E-state index contributed by atoms with van der Waals surface area (Å²) in [5.74, 6) is 0.0386. The van der Waals surface area contributed by atoms with Gasteiger partial charge in [-0.25, -0.2) is 19.4 Å². The summed E-state index contributed by atoms with van der Waals surface area (Å²) >= 11 is 6.29. The molecule has 3 heterocycles. The Kier molecular flexibility index (Phi) is 8.35. The Labute approximate surface area is 267 Å². The molecule has 6 rings (SSSR count). The first-order valence-electron chi connectivity index (χ1n) is 13.9. The van der Waals surface area contributed by atoms with Crippen LogP contribution in [-0.2, 0) is 18.9 Å². The van der Waals surface area contributed by atoms with Crippen LogP contribution < -0.4 is 5.73 Å². The topological polar surface area (TPSA) is 158 Å².